The van der Waals surface area contributed by atoms with E-state index < -0.39 is 0 Å². The number of nitrogens with zero attached hydrogens (tertiary/aromatic N) is 2. The van der Waals surface area contributed by atoms with Crippen LogP contribution >= 0.6 is 0 Å². The number of aromatic nitrogens is 1. The van der Waals surface area contributed by atoms with Crippen molar-refractivity contribution in [1.29, 1.82) is 0 Å². The van der Waals surface area contributed by atoms with Gasteiger partial charge in [-0.15, -0.1) is 0 Å². The zero-order chi connectivity index (χ0) is 10.4. The average molecular weight is 193 g/mol. The molecule has 0 bridgehead atoms. The van der Waals surface area contributed by atoms with Crippen LogP contribution in [0.25, 0.3) is 0 Å². The molecule has 0 saturated heterocycles. The minimum absolute atomic E-state index is 0.318. The van der Waals surface area contributed by atoms with Crippen molar-refractivity contribution in [3.8, 4) is 0 Å². The lowest BCUT2D eigenvalue weighted by Gasteiger charge is -2.26. The van der Waals surface area contributed by atoms with Gasteiger partial charge >= 0.3 is 0 Å². The molecule has 3 heteroatoms. The molecule has 1 heterocycles. The van der Waals surface area contributed by atoms with Crippen LogP contribution in [0.1, 0.15) is 24.9 Å². The van der Waals surface area contributed by atoms with Gasteiger partial charge in [-0.05, 0) is 37.7 Å². The molecule has 78 valence electrons. The van der Waals surface area contributed by atoms with Crippen molar-refractivity contribution in [1.82, 2.24) is 9.88 Å². The summed E-state index contributed by atoms with van der Waals surface area (Å²) in [6, 6.07) is 4.38. The third-order valence-corrected chi connectivity index (χ3v) is 2.42. The van der Waals surface area contributed by atoms with E-state index in [1.54, 1.807) is 0 Å². The van der Waals surface area contributed by atoms with Gasteiger partial charge in [-0.25, -0.2) is 0 Å². The Kier molecular flexibility index (Phi) is 4.56. The summed E-state index contributed by atoms with van der Waals surface area (Å²) in [5, 5.41) is 0. The fourth-order valence-electron chi connectivity index (χ4n) is 1.66. The van der Waals surface area contributed by atoms with Gasteiger partial charge in [-0.1, -0.05) is 6.92 Å². The van der Waals surface area contributed by atoms with E-state index in [-0.39, 0.29) is 0 Å². The van der Waals surface area contributed by atoms with Gasteiger partial charge in [0.05, 0.1) is 0 Å². The summed E-state index contributed by atoms with van der Waals surface area (Å²) in [7, 11) is 2.11. The Bertz CT molecular complexity index is 248. The van der Waals surface area contributed by atoms with Gasteiger partial charge in [0.15, 0.2) is 0 Å². The molecular weight excluding hydrogens is 174 g/mol. The number of likely N-dealkylation sites (N-methyl/N-ethyl adjacent to an activating group) is 1. The predicted octanol–water partition coefficient (Wildman–Crippen LogP) is 1.42. The Morgan fingerprint density at radius 3 is 2.57 bits per heavy atom. The summed E-state index contributed by atoms with van der Waals surface area (Å²) in [6.45, 7) is 3.90. The van der Waals surface area contributed by atoms with E-state index in [9.17, 15) is 0 Å². The van der Waals surface area contributed by atoms with Crippen LogP contribution in [0.4, 0.5) is 0 Å². The van der Waals surface area contributed by atoms with Gasteiger partial charge < -0.3 is 5.73 Å². The molecule has 0 spiro atoms. The summed E-state index contributed by atoms with van der Waals surface area (Å²) in [4.78, 5) is 6.30. The lowest BCUT2D eigenvalue weighted by Crippen LogP contribution is -2.31. The molecule has 0 aliphatic rings. The molecule has 0 saturated carbocycles. The van der Waals surface area contributed by atoms with Crippen LogP contribution in [0.3, 0.4) is 0 Å². The van der Waals surface area contributed by atoms with E-state index in [4.69, 9.17) is 5.73 Å². The Morgan fingerprint density at radius 2 is 2.07 bits per heavy atom. The summed E-state index contributed by atoms with van der Waals surface area (Å²) < 4.78 is 0. The third kappa shape index (κ3) is 2.79. The molecule has 1 aromatic heterocycles. The minimum Gasteiger partial charge on any atom is -0.329 e. The molecule has 2 N–H and O–H groups in total. The summed E-state index contributed by atoms with van der Waals surface area (Å²) in [5.41, 5.74) is 7.02. The number of rotatable bonds is 5. The predicted molar refractivity (Wildman–Crippen MR) is 59.0 cm³/mol. The van der Waals surface area contributed by atoms with Crippen molar-refractivity contribution in [3.63, 3.8) is 0 Å². The van der Waals surface area contributed by atoms with Gasteiger partial charge in [0.1, 0.15) is 0 Å². The first-order valence-electron chi connectivity index (χ1n) is 5.09. The highest BCUT2D eigenvalue weighted by Crippen LogP contribution is 2.16. The van der Waals surface area contributed by atoms with E-state index >= 15 is 0 Å². The second kappa shape index (κ2) is 5.73. The molecule has 1 rings (SSSR count). The first kappa shape index (κ1) is 11.1. The van der Waals surface area contributed by atoms with Crippen LogP contribution in [0.5, 0.6) is 0 Å². The van der Waals surface area contributed by atoms with Crippen molar-refractivity contribution in [2.75, 3.05) is 20.1 Å². The number of pyridine rings is 1. The average Bonchev–Trinajstić information content (AvgIpc) is 2.21. The fraction of sp³-hybridized carbons (Fsp3) is 0.545. The maximum absolute atomic E-state index is 5.77. The van der Waals surface area contributed by atoms with Crippen LogP contribution in [0.2, 0.25) is 0 Å². The zero-order valence-corrected chi connectivity index (χ0v) is 8.98. The highest BCUT2D eigenvalue weighted by molar-refractivity contribution is 5.15. The highest BCUT2D eigenvalue weighted by Gasteiger charge is 2.13. The fourth-order valence-corrected chi connectivity index (χ4v) is 1.66. The number of nitrogens with two attached hydrogens (primary N) is 1. The van der Waals surface area contributed by atoms with Crippen molar-refractivity contribution < 1.29 is 0 Å². The Morgan fingerprint density at radius 1 is 1.43 bits per heavy atom. The van der Waals surface area contributed by atoms with Crippen molar-refractivity contribution >= 4 is 0 Å². The number of hydrogen-bond acceptors (Lipinski definition) is 3. The molecule has 1 aromatic rings. The zero-order valence-electron chi connectivity index (χ0n) is 8.98. The largest absolute Gasteiger partial charge is 0.329 e. The van der Waals surface area contributed by atoms with Crippen LogP contribution in [-0.4, -0.2) is 30.0 Å². The van der Waals surface area contributed by atoms with Crippen LogP contribution < -0.4 is 5.73 Å². The van der Waals surface area contributed by atoms with E-state index in [1.807, 2.05) is 24.5 Å². The molecule has 14 heavy (non-hydrogen) atoms. The van der Waals surface area contributed by atoms with E-state index in [2.05, 4.69) is 23.9 Å². The molecular formula is C11H19N3. The maximum Gasteiger partial charge on any atom is 0.0468 e. The second-order valence-corrected chi connectivity index (χ2v) is 3.51. The smallest absolute Gasteiger partial charge is 0.0468 e. The Hall–Kier alpha value is -0.930. The molecule has 1 unspecified atom stereocenters. The standard InChI is InChI=1S/C11H19N3/c1-3-8-14(2)11(9-12)10-4-6-13-7-5-10/h4-7,11H,3,8-9,12H2,1-2H3. The molecule has 0 aliphatic carbocycles. The lowest BCUT2D eigenvalue weighted by molar-refractivity contribution is 0.250. The van der Waals surface area contributed by atoms with Crippen LogP contribution in [0, 0.1) is 0 Å². The van der Waals surface area contributed by atoms with Gasteiger partial charge in [0.2, 0.25) is 0 Å². The number of hydrogen-bond donors (Lipinski definition) is 1. The van der Waals surface area contributed by atoms with Gasteiger partial charge in [0, 0.05) is 25.0 Å². The second-order valence-electron chi connectivity index (χ2n) is 3.51. The highest BCUT2D eigenvalue weighted by atomic mass is 15.1. The molecule has 0 amide bonds. The van der Waals surface area contributed by atoms with Gasteiger partial charge in [0.25, 0.3) is 0 Å². The van der Waals surface area contributed by atoms with E-state index in [0.717, 1.165) is 13.0 Å². The van der Waals surface area contributed by atoms with Gasteiger partial charge in [-0.3, -0.25) is 9.88 Å². The Balaban J connectivity index is 2.71. The minimum atomic E-state index is 0.318. The normalized spacial score (nSPS) is 13.1. The quantitative estimate of drug-likeness (QED) is 0.769. The topological polar surface area (TPSA) is 42.1 Å². The first-order chi connectivity index (χ1) is 6.79. The van der Waals surface area contributed by atoms with Crippen LogP contribution in [-0.2, 0) is 0 Å². The molecule has 0 fully saturated rings. The van der Waals surface area contributed by atoms with E-state index in [0.29, 0.717) is 12.6 Å². The van der Waals surface area contributed by atoms with Crippen LogP contribution in [0.15, 0.2) is 24.5 Å². The molecule has 3 nitrogen and oxygen atoms in total. The van der Waals surface area contributed by atoms with Crippen molar-refractivity contribution in [2.24, 2.45) is 5.73 Å². The monoisotopic (exact) mass is 193 g/mol. The summed E-state index contributed by atoms with van der Waals surface area (Å²) in [6.07, 6.45) is 4.79. The molecule has 0 radical (unpaired) electrons. The molecule has 1 atom stereocenters. The van der Waals surface area contributed by atoms with Crippen molar-refractivity contribution in [2.45, 2.75) is 19.4 Å². The summed E-state index contributed by atoms with van der Waals surface area (Å²) >= 11 is 0. The first-order valence-corrected chi connectivity index (χ1v) is 5.09. The maximum atomic E-state index is 5.77. The Labute approximate surface area is 85.9 Å². The van der Waals surface area contributed by atoms with Crippen molar-refractivity contribution in [3.05, 3.63) is 30.1 Å². The third-order valence-electron chi connectivity index (χ3n) is 2.42. The van der Waals surface area contributed by atoms with E-state index in [1.165, 1.54) is 5.56 Å². The summed E-state index contributed by atoms with van der Waals surface area (Å²) in [5.74, 6) is 0. The SMILES string of the molecule is CCCN(C)C(CN)c1ccncc1. The molecule has 0 aromatic carbocycles. The van der Waals surface area contributed by atoms with Gasteiger partial charge in [-0.2, -0.15) is 0 Å². The lowest BCUT2D eigenvalue weighted by atomic mass is 10.1. The molecule has 0 aliphatic heterocycles.